The number of hydrogen-bond acceptors (Lipinski definition) is 3. The smallest absolute Gasteiger partial charge is 0.240 e. The molecule has 1 aliphatic rings. The molecule has 0 spiro atoms. The highest BCUT2D eigenvalue weighted by atomic mass is 32.2. The molecule has 1 aliphatic heterocycles. The maximum absolute atomic E-state index is 12.4. The van der Waals surface area contributed by atoms with Gasteiger partial charge < -0.3 is 4.90 Å². The maximum Gasteiger partial charge on any atom is 0.240 e. The standard InChI is InChI=1S/C16H26N2O2S/c1-13-4-5-14(2)16(12-13)21(19,20)17-9-6-15-7-10-18(3)11-8-15/h4-5,12,15,17H,6-11H2,1-3H3. The molecule has 2 rings (SSSR count). The van der Waals surface area contributed by atoms with E-state index in [1.807, 2.05) is 26.0 Å². The van der Waals surface area contributed by atoms with E-state index in [0.717, 1.165) is 30.6 Å². The van der Waals surface area contributed by atoms with Crippen LogP contribution in [0.1, 0.15) is 30.4 Å². The second-order valence-electron chi connectivity index (χ2n) is 6.20. The molecular weight excluding hydrogens is 284 g/mol. The summed E-state index contributed by atoms with van der Waals surface area (Å²) in [6.45, 7) is 6.52. The first-order valence-electron chi connectivity index (χ1n) is 7.64. The minimum absolute atomic E-state index is 0.408. The molecule has 0 atom stereocenters. The average Bonchev–Trinajstić information content (AvgIpc) is 2.43. The number of rotatable bonds is 5. The Morgan fingerprint density at radius 1 is 1.24 bits per heavy atom. The fraction of sp³-hybridized carbons (Fsp3) is 0.625. The number of aryl methyl sites for hydroxylation is 2. The van der Waals surface area contributed by atoms with E-state index in [4.69, 9.17) is 0 Å². The Morgan fingerprint density at radius 2 is 1.90 bits per heavy atom. The molecule has 0 unspecified atom stereocenters. The Bertz CT molecular complexity index is 576. The van der Waals surface area contributed by atoms with Crippen LogP contribution in [0.5, 0.6) is 0 Å². The van der Waals surface area contributed by atoms with Gasteiger partial charge in [-0.1, -0.05) is 12.1 Å². The first-order chi connectivity index (χ1) is 9.88. The third kappa shape index (κ3) is 4.53. The Hall–Kier alpha value is -0.910. The fourth-order valence-electron chi connectivity index (χ4n) is 2.82. The topological polar surface area (TPSA) is 49.4 Å². The molecule has 1 N–H and O–H groups in total. The van der Waals surface area contributed by atoms with Gasteiger partial charge in [0.1, 0.15) is 0 Å². The fourth-order valence-corrected chi connectivity index (χ4v) is 4.20. The normalized spacial score (nSPS) is 18.0. The molecule has 0 aromatic heterocycles. The third-order valence-corrected chi connectivity index (χ3v) is 5.92. The molecule has 1 heterocycles. The molecule has 5 heteroatoms. The van der Waals surface area contributed by atoms with Gasteiger partial charge in [-0.25, -0.2) is 13.1 Å². The van der Waals surface area contributed by atoms with Crippen molar-refractivity contribution in [2.24, 2.45) is 5.92 Å². The van der Waals surface area contributed by atoms with E-state index in [-0.39, 0.29) is 0 Å². The van der Waals surface area contributed by atoms with Gasteiger partial charge in [0.05, 0.1) is 4.90 Å². The summed E-state index contributed by atoms with van der Waals surface area (Å²) in [6, 6.07) is 5.54. The largest absolute Gasteiger partial charge is 0.306 e. The van der Waals surface area contributed by atoms with Crippen LogP contribution < -0.4 is 4.72 Å². The molecule has 0 aliphatic carbocycles. The molecular formula is C16H26N2O2S. The highest BCUT2D eigenvalue weighted by Crippen LogP contribution is 2.20. The van der Waals surface area contributed by atoms with Gasteiger partial charge in [0.25, 0.3) is 0 Å². The second kappa shape index (κ2) is 6.90. The zero-order chi connectivity index (χ0) is 15.5. The lowest BCUT2D eigenvalue weighted by Crippen LogP contribution is -2.32. The van der Waals surface area contributed by atoms with Crippen LogP contribution in [-0.2, 0) is 10.0 Å². The number of piperidine rings is 1. The minimum atomic E-state index is -3.39. The van der Waals surface area contributed by atoms with Gasteiger partial charge in [0.15, 0.2) is 0 Å². The van der Waals surface area contributed by atoms with E-state index < -0.39 is 10.0 Å². The number of benzene rings is 1. The predicted molar refractivity (Wildman–Crippen MR) is 85.9 cm³/mol. The van der Waals surface area contributed by atoms with Crippen LogP contribution >= 0.6 is 0 Å². The highest BCUT2D eigenvalue weighted by Gasteiger charge is 2.19. The predicted octanol–water partition coefficient (Wildman–Crippen LogP) is 2.31. The summed E-state index contributed by atoms with van der Waals surface area (Å²) in [4.78, 5) is 2.74. The first kappa shape index (κ1) is 16.5. The summed E-state index contributed by atoms with van der Waals surface area (Å²) in [5.41, 5.74) is 1.77. The molecule has 1 saturated heterocycles. The SMILES string of the molecule is Cc1ccc(C)c(S(=O)(=O)NCCC2CCN(C)CC2)c1. The van der Waals surface area contributed by atoms with Gasteiger partial charge in [-0.3, -0.25) is 0 Å². The van der Waals surface area contributed by atoms with Crippen molar-refractivity contribution in [1.29, 1.82) is 0 Å². The molecule has 4 nitrogen and oxygen atoms in total. The number of likely N-dealkylation sites (tertiary alicyclic amines) is 1. The number of nitrogens with one attached hydrogen (secondary N) is 1. The first-order valence-corrected chi connectivity index (χ1v) is 9.12. The van der Waals surface area contributed by atoms with Gasteiger partial charge in [-0.15, -0.1) is 0 Å². The monoisotopic (exact) mass is 310 g/mol. The molecule has 0 amide bonds. The Morgan fingerprint density at radius 3 is 2.57 bits per heavy atom. The summed E-state index contributed by atoms with van der Waals surface area (Å²) in [7, 11) is -1.25. The van der Waals surface area contributed by atoms with Crippen molar-refractivity contribution in [3.63, 3.8) is 0 Å². The van der Waals surface area contributed by atoms with E-state index in [1.54, 1.807) is 6.07 Å². The van der Waals surface area contributed by atoms with Gasteiger partial charge in [0.2, 0.25) is 10.0 Å². The number of nitrogens with zero attached hydrogens (tertiary/aromatic N) is 1. The molecule has 21 heavy (non-hydrogen) atoms. The van der Waals surface area contributed by atoms with Gasteiger partial charge in [-0.05, 0) is 76.4 Å². The van der Waals surface area contributed by atoms with E-state index in [0.29, 0.717) is 17.4 Å². The van der Waals surface area contributed by atoms with Gasteiger partial charge in [0, 0.05) is 6.54 Å². The molecule has 0 radical (unpaired) electrons. The lowest BCUT2D eigenvalue weighted by molar-refractivity contribution is 0.213. The van der Waals surface area contributed by atoms with Gasteiger partial charge >= 0.3 is 0 Å². The van der Waals surface area contributed by atoms with Crippen molar-refractivity contribution in [3.05, 3.63) is 29.3 Å². The quantitative estimate of drug-likeness (QED) is 0.908. The zero-order valence-corrected chi connectivity index (χ0v) is 14.0. The lowest BCUT2D eigenvalue weighted by Gasteiger charge is -2.28. The van der Waals surface area contributed by atoms with Crippen LogP contribution in [-0.4, -0.2) is 40.0 Å². The zero-order valence-electron chi connectivity index (χ0n) is 13.2. The summed E-state index contributed by atoms with van der Waals surface area (Å²) < 4.78 is 27.5. The average molecular weight is 310 g/mol. The molecule has 1 aromatic rings. The van der Waals surface area contributed by atoms with Crippen molar-refractivity contribution in [2.75, 3.05) is 26.7 Å². The van der Waals surface area contributed by atoms with Crippen LogP contribution in [0.25, 0.3) is 0 Å². The highest BCUT2D eigenvalue weighted by molar-refractivity contribution is 7.89. The van der Waals surface area contributed by atoms with Crippen LogP contribution in [0.2, 0.25) is 0 Å². The third-order valence-electron chi connectivity index (χ3n) is 4.32. The number of hydrogen-bond donors (Lipinski definition) is 1. The van der Waals surface area contributed by atoms with Crippen molar-refractivity contribution < 1.29 is 8.42 Å². The van der Waals surface area contributed by atoms with Gasteiger partial charge in [-0.2, -0.15) is 0 Å². The Labute approximate surface area is 128 Å². The summed E-state index contributed by atoms with van der Waals surface area (Å²) in [5.74, 6) is 0.641. The van der Waals surface area contributed by atoms with Crippen LogP contribution in [0.3, 0.4) is 0 Å². The van der Waals surface area contributed by atoms with Crippen molar-refractivity contribution in [1.82, 2.24) is 9.62 Å². The van der Waals surface area contributed by atoms with E-state index >= 15 is 0 Å². The van der Waals surface area contributed by atoms with E-state index in [1.165, 1.54) is 12.8 Å². The molecule has 0 saturated carbocycles. The van der Waals surface area contributed by atoms with Crippen LogP contribution in [0.15, 0.2) is 23.1 Å². The van der Waals surface area contributed by atoms with Crippen molar-refractivity contribution in [3.8, 4) is 0 Å². The summed E-state index contributed by atoms with van der Waals surface area (Å²) in [5, 5.41) is 0. The lowest BCUT2D eigenvalue weighted by atomic mass is 9.94. The molecule has 0 bridgehead atoms. The van der Waals surface area contributed by atoms with Crippen molar-refractivity contribution in [2.45, 2.75) is 38.0 Å². The van der Waals surface area contributed by atoms with Crippen LogP contribution in [0.4, 0.5) is 0 Å². The second-order valence-corrected chi connectivity index (χ2v) is 7.94. The molecule has 1 aromatic carbocycles. The minimum Gasteiger partial charge on any atom is -0.306 e. The Balaban J connectivity index is 1.91. The molecule has 1 fully saturated rings. The number of sulfonamides is 1. The molecule has 118 valence electrons. The van der Waals surface area contributed by atoms with Crippen molar-refractivity contribution >= 4 is 10.0 Å². The van der Waals surface area contributed by atoms with Crippen LogP contribution in [0, 0.1) is 19.8 Å². The van der Waals surface area contributed by atoms with E-state index in [9.17, 15) is 8.42 Å². The summed E-state index contributed by atoms with van der Waals surface area (Å²) >= 11 is 0. The maximum atomic E-state index is 12.4. The van der Waals surface area contributed by atoms with E-state index in [2.05, 4.69) is 16.7 Å². The Kier molecular flexibility index (Phi) is 5.41. The summed E-state index contributed by atoms with van der Waals surface area (Å²) in [6.07, 6.45) is 3.27.